The lowest BCUT2D eigenvalue weighted by Crippen LogP contribution is -2.01. The minimum absolute atomic E-state index is 0.301. The fraction of sp³-hybridized carbons (Fsp3) is 0.0714. The van der Waals surface area contributed by atoms with Crippen molar-refractivity contribution >= 4 is 43.8 Å². The molecule has 0 aliphatic heterocycles. The minimum atomic E-state index is -3.49. The van der Waals surface area contributed by atoms with Gasteiger partial charge >= 0.3 is 0 Å². The van der Waals surface area contributed by atoms with Crippen molar-refractivity contribution in [3.8, 4) is 0 Å². The summed E-state index contributed by atoms with van der Waals surface area (Å²) in [5, 5.41) is 2.50. The van der Waals surface area contributed by atoms with E-state index in [1.807, 2.05) is 24.3 Å². The molecule has 4 aromatic carbocycles. The molecule has 32 heavy (non-hydrogen) atoms. The lowest BCUT2D eigenvalue weighted by molar-refractivity contribution is 0.596. The van der Waals surface area contributed by atoms with Crippen molar-refractivity contribution in [3.63, 3.8) is 0 Å². The van der Waals surface area contributed by atoms with Crippen molar-refractivity contribution in [2.75, 3.05) is 0 Å². The third-order valence-electron chi connectivity index (χ3n) is 5.82. The molecule has 0 saturated carbocycles. The molecule has 0 bridgehead atoms. The highest BCUT2D eigenvalue weighted by Gasteiger charge is 2.16. The fourth-order valence-electron chi connectivity index (χ4n) is 4.20. The molecular formula is C28H23NO2S. The highest BCUT2D eigenvalue weighted by atomic mass is 32.2. The Bertz CT molecular complexity index is 1540. The van der Waals surface area contributed by atoms with Gasteiger partial charge in [0.1, 0.15) is 0 Å². The molecule has 1 aromatic heterocycles. The van der Waals surface area contributed by atoms with Crippen molar-refractivity contribution in [2.45, 2.75) is 23.3 Å². The molecule has 0 radical (unpaired) electrons. The van der Waals surface area contributed by atoms with Crippen molar-refractivity contribution in [2.24, 2.45) is 0 Å². The Kier molecular flexibility index (Phi) is 5.16. The second-order valence-electron chi connectivity index (χ2n) is 7.76. The van der Waals surface area contributed by atoms with E-state index in [0.717, 1.165) is 17.7 Å². The first-order valence-electron chi connectivity index (χ1n) is 10.7. The van der Waals surface area contributed by atoms with Gasteiger partial charge in [0.05, 0.1) is 9.79 Å². The number of hydrogen-bond acceptors (Lipinski definition) is 2. The largest absolute Gasteiger partial charge is 0.341 e. The molecule has 0 unspecified atom stereocenters. The number of aryl methyl sites for hydroxylation is 1. The summed E-state index contributed by atoms with van der Waals surface area (Å²) < 4.78 is 27.9. The molecule has 0 fully saturated rings. The van der Waals surface area contributed by atoms with E-state index in [-0.39, 0.29) is 0 Å². The predicted molar refractivity (Wildman–Crippen MR) is 132 cm³/mol. The maximum Gasteiger partial charge on any atom is 0.206 e. The van der Waals surface area contributed by atoms with Gasteiger partial charge in [0, 0.05) is 28.4 Å². The lowest BCUT2D eigenvalue weighted by Gasteiger charge is -2.05. The number of sulfone groups is 1. The molecule has 0 saturated heterocycles. The van der Waals surface area contributed by atoms with Crippen LogP contribution in [-0.4, -0.2) is 13.0 Å². The average molecular weight is 438 g/mol. The molecule has 158 valence electrons. The van der Waals surface area contributed by atoms with Crippen LogP contribution >= 0.6 is 0 Å². The van der Waals surface area contributed by atoms with Crippen LogP contribution in [0.25, 0.3) is 34.0 Å². The van der Waals surface area contributed by atoms with E-state index in [4.69, 9.17) is 0 Å². The van der Waals surface area contributed by atoms with E-state index in [9.17, 15) is 8.42 Å². The van der Waals surface area contributed by atoms with E-state index >= 15 is 0 Å². The van der Waals surface area contributed by atoms with E-state index in [1.54, 1.807) is 36.4 Å². The van der Waals surface area contributed by atoms with Gasteiger partial charge in [-0.1, -0.05) is 66.7 Å². The zero-order chi connectivity index (χ0) is 22.1. The lowest BCUT2D eigenvalue weighted by atomic mass is 10.1. The van der Waals surface area contributed by atoms with Crippen molar-refractivity contribution < 1.29 is 8.42 Å². The van der Waals surface area contributed by atoms with Crippen LogP contribution in [0.15, 0.2) is 107 Å². The molecule has 5 rings (SSSR count). The number of nitrogens with zero attached hydrogens (tertiary/aromatic N) is 1. The summed E-state index contributed by atoms with van der Waals surface area (Å²) in [6, 6.07) is 30.5. The van der Waals surface area contributed by atoms with Crippen LogP contribution in [0.1, 0.15) is 18.1 Å². The van der Waals surface area contributed by atoms with Crippen LogP contribution in [0.2, 0.25) is 0 Å². The minimum Gasteiger partial charge on any atom is -0.341 e. The van der Waals surface area contributed by atoms with E-state index < -0.39 is 9.84 Å². The van der Waals surface area contributed by atoms with Crippen LogP contribution in [0.5, 0.6) is 0 Å². The van der Waals surface area contributed by atoms with Gasteiger partial charge in [-0.05, 0) is 60.5 Å². The molecule has 0 N–H and O–H groups in total. The molecule has 0 aliphatic carbocycles. The van der Waals surface area contributed by atoms with Gasteiger partial charge in [0.25, 0.3) is 0 Å². The molecule has 5 aromatic rings. The van der Waals surface area contributed by atoms with Gasteiger partial charge < -0.3 is 4.57 Å². The molecule has 4 heteroatoms. The smallest absolute Gasteiger partial charge is 0.206 e. The van der Waals surface area contributed by atoms with Gasteiger partial charge in [0.15, 0.2) is 0 Å². The van der Waals surface area contributed by atoms with Gasteiger partial charge in [-0.25, -0.2) is 8.42 Å². The molecule has 1 heterocycles. The summed E-state index contributed by atoms with van der Waals surface area (Å²) in [4.78, 5) is 0.609. The van der Waals surface area contributed by atoms with Gasteiger partial charge in [-0.15, -0.1) is 0 Å². The Balaban J connectivity index is 1.45. The zero-order valence-corrected chi connectivity index (χ0v) is 18.6. The second-order valence-corrected chi connectivity index (χ2v) is 9.71. The van der Waals surface area contributed by atoms with Gasteiger partial charge in [0.2, 0.25) is 9.84 Å². The monoisotopic (exact) mass is 437 g/mol. The quantitative estimate of drug-likeness (QED) is 0.283. The molecule has 0 amide bonds. The zero-order valence-electron chi connectivity index (χ0n) is 17.8. The topological polar surface area (TPSA) is 39.1 Å². The van der Waals surface area contributed by atoms with Crippen LogP contribution in [0.4, 0.5) is 0 Å². The molecule has 0 aliphatic rings. The summed E-state index contributed by atoms with van der Waals surface area (Å²) in [6.45, 7) is 3.10. The number of aromatic nitrogens is 1. The van der Waals surface area contributed by atoms with Crippen LogP contribution in [-0.2, 0) is 16.4 Å². The fourth-order valence-corrected chi connectivity index (χ4v) is 5.48. The maximum absolute atomic E-state index is 12.8. The Morgan fingerprint density at radius 2 is 1.25 bits per heavy atom. The standard InChI is InChI=1S/C28H23NO2S/c1-2-29-27-11-7-6-10-25(27)26-20-22(16-19-28(26)29)13-12-21-14-17-24(18-15-21)32(30,31)23-8-4-3-5-9-23/h3-20H,2H2,1H3/b13-12+. The van der Waals surface area contributed by atoms with Gasteiger partial charge in [-0.2, -0.15) is 0 Å². The number of fused-ring (bicyclic) bond motifs is 3. The SMILES string of the molecule is CCn1c2ccccc2c2cc(/C=C/c3ccc(S(=O)(=O)c4ccccc4)cc3)ccc21. The van der Waals surface area contributed by atoms with E-state index in [0.29, 0.717) is 9.79 Å². The van der Waals surface area contributed by atoms with Crippen molar-refractivity contribution in [3.05, 3.63) is 108 Å². The second kappa shape index (κ2) is 8.13. The summed E-state index contributed by atoms with van der Waals surface area (Å²) in [7, 11) is -3.49. The summed E-state index contributed by atoms with van der Waals surface area (Å²) in [6.07, 6.45) is 4.08. The molecule has 0 atom stereocenters. The van der Waals surface area contributed by atoms with Crippen molar-refractivity contribution in [1.82, 2.24) is 4.57 Å². The first-order valence-corrected chi connectivity index (χ1v) is 12.2. The highest BCUT2D eigenvalue weighted by Crippen LogP contribution is 2.30. The molecule has 3 nitrogen and oxygen atoms in total. The Morgan fingerprint density at radius 1 is 0.656 bits per heavy atom. The summed E-state index contributed by atoms with van der Waals surface area (Å²) in [5.74, 6) is 0. The first kappa shape index (κ1) is 20.3. The number of rotatable bonds is 5. The van der Waals surface area contributed by atoms with Gasteiger partial charge in [-0.3, -0.25) is 0 Å². The average Bonchev–Trinajstić information content (AvgIpc) is 3.16. The molecule has 0 spiro atoms. The summed E-state index contributed by atoms with van der Waals surface area (Å²) >= 11 is 0. The predicted octanol–water partition coefficient (Wildman–Crippen LogP) is 6.82. The Morgan fingerprint density at radius 3 is 2.00 bits per heavy atom. The number of hydrogen-bond donors (Lipinski definition) is 0. The third-order valence-corrected chi connectivity index (χ3v) is 7.61. The Labute approximate surface area is 188 Å². The summed E-state index contributed by atoms with van der Waals surface area (Å²) in [5.41, 5.74) is 4.55. The highest BCUT2D eigenvalue weighted by molar-refractivity contribution is 7.91. The third kappa shape index (κ3) is 3.53. The van der Waals surface area contributed by atoms with E-state index in [1.165, 1.54) is 21.8 Å². The van der Waals surface area contributed by atoms with Crippen LogP contribution in [0, 0.1) is 0 Å². The Hall–Kier alpha value is -3.63. The maximum atomic E-state index is 12.8. The van der Waals surface area contributed by atoms with Crippen LogP contribution in [0.3, 0.4) is 0 Å². The van der Waals surface area contributed by atoms with Crippen molar-refractivity contribution in [1.29, 1.82) is 0 Å². The first-order chi connectivity index (χ1) is 15.6. The number of benzene rings is 4. The molecular weight excluding hydrogens is 414 g/mol. The number of para-hydroxylation sites is 1. The normalized spacial score (nSPS) is 12.2. The van der Waals surface area contributed by atoms with E-state index in [2.05, 4.69) is 60.0 Å². The van der Waals surface area contributed by atoms with Crippen LogP contribution < -0.4 is 0 Å².